The molecule has 4 rings (SSSR count). The molecule has 1 aromatic carbocycles. The summed E-state index contributed by atoms with van der Waals surface area (Å²) in [4.78, 5) is 7.01. The quantitative estimate of drug-likeness (QED) is 0.585. The lowest BCUT2D eigenvalue weighted by molar-refractivity contribution is 0.841. The summed E-state index contributed by atoms with van der Waals surface area (Å²) in [5.74, 6) is 1.78. The number of nitrogens with zero attached hydrogens (tertiary/aromatic N) is 5. The van der Waals surface area contributed by atoms with E-state index in [2.05, 4.69) is 68.1 Å². The molecule has 0 bridgehead atoms. The number of rotatable bonds is 6. The standard InChI is InChI=1S/C19H23N5S2/c1-3-17-20-15(12-25-17)13-26-19-22-21-18(23-10-4-5-11-23)24(19)16-8-6-14(2)7-9-16/h6-9,12H,3-5,10-11,13H2,1-2H3. The van der Waals surface area contributed by atoms with E-state index in [9.17, 15) is 0 Å². The van der Waals surface area contributed by atoms with Crippen LogP contribution < -0.4 is 4.90 Å². The highest BCUT2D eigenvalue weighted by Crippen LogP contribution is 2.30. The van der Waals surface area contributed by atoms with Gasteiger partial charge in [0.15, 0.2) is 5.16 Å². The first-order valence-electron chi connectivity index (χ1n) is 9.08. The van der Waals surface area contributed by atoms with E-state index in [0.29, 0.717) is 0 Å². The van der Waals surface area contributed by atoms with E-state index in [1.165, 1.54) is 23.4 Å². The van der Waals surface area contributed by atoms with E-state index in [1.54, 1.807) is 23.1 Å². The fourth-order valence-corrected chi connectivity index (χ4v) is 4.80. The van der Waals surface area contributed by atoms with Gasteiger partial charge in [-0.05, 0) is 38.3 Å². The van der Waals surface area contributed by atoms with Gasteiger partial charge in [0.1, 0.15) is 0 Å². The topological polar surface area (TPSA) is 46.8 Å². The SMILES string of the molecule is CCc1nc(CSc2nnc(N3CCCC3)n2-c2ccc(C)cc2)cs1. The minimum Gasteiger partial charge on any atom is -0.341 e. The molecular formula is C19H23N5S2. The van der Waals surface area contributed by atoms with Crippen molar-refractivity contribution >= 4 is 29.0 Å². The van der Waals surface area contributed by atoms with E-state index in [0.717, 1.165) is 47.7 Å². The Labute approximate surface area is 162 Å². The van der Waals surface area contributed by atoms with E-state index in [1.807, 2.05) is 0 Å². The molecule has 0 spiro atoms. The molecule has 0 N–H and O–H groups in total. The van der Waals surface area contributed by atoms with Crippen LogP contribution in [0.4, 0.5) is 5.95 Å². The highest BCUT2D eigenvalue weighted by molar-refractivity contribution is 7.98. The third kappa shape index (κ3) is 3.64. The molecule has 0 unspecified atom stereocenters. The van der Waals surface area contributed by atoms with Gasteiger partial charge in [-0.25, -0.2) is 4.98 Å². The van der Waals surface area contributed by atoms with Gasteiger partial charge in [-0.1, -0.05) is 36.4 Å². The minimum absolute atomic E-state index is 0.820. The van der Waals surface area contributed by atoms with Crippen molar-refractivity contribution in [3.05, 3.63) is 45.9 Å². The van der Waals surface area contributed by atoms with Gasteiger partial charge in [-0.3, -0.25) is 4.57 Å². The number of benzene rings is 1. The average Bonchev–Trinajstić information content (AvgIpc) is 3.40. The summed E-state index contributed by atoms with van der Waals surface area (Å²) < 4.78 is 2.20. The summed E-state index contributed by atoms with van der Waals surface area (Å²) in [7, 11) is 0. The normalized spacial score (nSPS) is 14.3. The lowest BCUT2D eigenvalue weighted by Crippen LogP contribution is -2.22. The van der Waals surface area contributed by atoms with Crippen LogP contribution in [0.1, 0.15) is 36.0 Å². The number of hydrogen-bond donors (Lipinski definition) is 0. The van der Waals surface area contributed by atoms with Crippen molar-refractivity contribution in [2.75, 3.05) is 18.0 Å². The van der Waals surface area contributed by atoms with Crippen molar-refractivity contribution in [2.24, 2.45) is 0 Å². The number of thioether (sulfide) groups is 1. The molecule has 7 heteroatoms. The molecule has 1 aliphatic rings. The van der Waals surface area contributed by atoms with Crippen molar-refractivity contribution in [1.29, 1.82) is 0 Å². The smallest absolute Gasteiger partial charge is 0.232 e. The molecule has 26 heavy (non-hydrogen) atoms. The minimum atomic E-state index is 0.820. The zero-order chi connectivity index (χ0) is 17.9. The average molecular weight is 386 g/mol. The predicted octanol–water partition coefficient (Wildman–Crippen LogP) is 4.49. The lowest BCUT2D eigenvalue weighted by Gasteiger charge is -2.18. The second-order valence-corrected chi connectivity index (χ2v) is 8.41. The van der Waals surface area contributed by atoms with Crippen LogP contribution in [0.2, 0.25) is 0 Å². The van der Waals surface area contributed by atoms with Gasteiger partial charge in [0.05, 0.1) is 16.4 Å². The van der Waals surface area contributed by atoms with Crippen molar-refractivity contribution in [3.63, 3.8) is 0 Å². The van der Waals surface area contributed by atoms with Crippen LogP contribution >= 0.6 is 23.1 Å². The van der Waals surface area contributed by atoms with Gasteiger partial charge in [-0.2, -0.15) is 0 Å². The Hall–Kier alpha value is -1.86. The summed E-state index contributed by atoms with van der Waals surface area (Å²) in [6.45, 7) is 6.37. The van der Waals surface area contributed by atoms with Gasteiger partial charge in [0, 0.05) is 24.2 Å². The monoisotopic (exact) mass is 385 g/mol. The molecule has 136 valence electrons. The highest BCUT2D eigenvalue weighted by atomic mass is 32.2. The van der Waals surface area contributed by atoms with Crippen LogP contribution in [-0.4, -0.2) is 32.8 Å². The number of thiazole rings is 1. The molecule has 1 aliphatic heterocycles. The second-order valence-electron chi connectivity index (χ2n) is 6.52. The third-order valence-corrected chi connectivity index (χ3v) is 6.55. The zero-order valence-electron chi connectivity index (χ0n) is 15.2. The third-order valence-electron chi connectivity index (χ3n) is 4.55. The maximum atomic E-state index is 4.67. The highest BCUT2D eigenvalue weighted by Gasteiger charge is 2.22. The maximum Gasteiger partial charge on any atom is 0.232 e. The molecule has 0 aliphatic carbocycles. The summed E-state index contributed by atoms with van der Waals surface area (Å²) in [6.07, 6.45) is 3.44. The number of anilines is 1. The van der Waals surface area contributed by atoms with Gasteiger partial charge in [0.2, 0.25) is 5.95 Å². The van der Waals surface area contributed by atoms with E-state index >= 15 is 0 Å². The van der Waals surface area contributed by atoms with E-state index in [-0.39, 0.29) is 0 Å². The number of aryl methyl sites for hydroxylation is 2. The summed E-state index contributed by atoms with van der Waals surface area (Å²) in [5, 5.41) is 13.3. The molecule has 0 radical (unpaired) electrons. The van der Waals surface area contributed by atoms with Crippen LogP contribution in [0.15, 0.2) is 34.8 Å². The molecule has 0 amide bonds. The van der Waals surface area contributed by atoms with Crippen LogP contribution in [0.25, 0.3) is 5.69 Å². The zero-order valence-corrected chi connectivity index (χ0v) is 16.8. The Bertz CT molecular complexity index is 862. The fourth-order valence-electron chi connectivity index (χ4n) is 3.11. The molecular weight excluding hydrogens is 362 g/mol. The predicted molar refractivity (Wildman–Crippen MR) is 109 cm³/mol. The summed E-state index contributed by atoms with van der Waals surface area (Å²) in [6, 6.07) is 8.59. The molecule has 3 heterocycles. The first kappa shape index (κ1) is 17.5. The largest absolute Gasteiger partial charge is 0.341 e. The first-order chi connectivity index (χ1) is 12.7. The number of aromatic nitrogens is 4. The summed E-state index contributed by atoms with van der Waals surface area (Å²) in [5.41, 5.74) is 3.50. The second kappa shape index (κ2) is 7.80. The van der Waals surface area contributed by atoms with Gasteiger partial charge < -0.3 is 4.90 Å². The van der Waals surface area contributed by atoms with Crippen molar-refractivity contribution < 1.29 is 0 Å². The molecule has 1 saturated heterocycles. The molecule has 0 saturated carbocycles. The fraction of sp³-hybridized carbons (Fsp3) is 0.421. The van der Waals surface area contributed by atoms with Gasteiger partial charge in [-0.15, -0.1) is 21.5 Å². The van der Waals surface area contributed by atoms with Crippen LogP contribution in [-0.2, 0) is 12.2 Å². The van der Waals surface area contributed by atoms with Crippen LogP contribution in [0.3, 0.4) is 0 Å². The molecule has 2 aromatic heterocycles. The van der Waals surface area contributed by atoms with E-state index < -0.39 is 0 Å². The number of hydrogen-bond acceptors (Lipinski definition) is 6. The Morgan fingerprint density at radius 2 is 1.88 bits per heavy atom. The molecule has 3 aromatic rings. The van der Waals surface area contributed by atoms with Gasteiger partial charge in [0.25, 0.3) is 0 Å². The summed E-state index contributed by atoms with van der Waals surface area (Å²) >= 11 is 3.45. The first-order valence-corrected chi connectivity index (χ1v) is 10.9. The van der Waals surface area contributed by atoms with Gasteiger partial charge >= 0.3 is 0 Å². The van der Waals surface area contributed by atoms with E-state index in [4.69, 9.17) is 0 Å². The lowest BCUT2D eigenvalue weighted by atomic mass is 10.2. The molecule has 1 fully saturated rings. The Morgan fingerprint density at radius 1 is 1.12 bits per heavy atom. The Kier molecular flexibility index (Phi) is 5.26. The van der Waals surface area contributed by atoms with Crippen LogP contribution in [0.5, 0.6) is 0 Å². The Morgan fingerprint density at radius 3 is 2.58 bits per heavy atom. The van der Waals surface area contributed by atoms with Crippen molar-refractivity contribution in [2.45, 2.75) is 44.0 Å². The molecule has 5 nitrogen and oxygen atoms in total. The van der Waals surface area contributed by atoms with Crippen LogP contribution in [0, 0.1) is 6.92 Å². The Balaban J connectivity index is 1.63. The van der Waals surface area contributed by atoms with Crippen molar-refractivity contribution in [1.82, 2.24) is 19.7 Å². The molecule has 0 atom stereocenters. The maximum absolute atomic E-state index is 4.67. The van der Waals surface area contributed by atoms with Crippen molar-refractivity contribution in [3.8, 4) is 5.69 Å².